The quantitative estimate of drug-likeness (QED) is 0.710. The number of thiazole rings is 1. The molecule has 20 heavy (non-hydrogen) atoms. The van der Waals surface area contributed by atoms with Gasteiger partial charge >= 0.3 is 0 Å². The Morgan fingerprint density at radius 3 is 2.95 bits per heavy atom. The van der Waals surface area contributed by atoms with Gasteiger partial charge in [-0.05, 0) is 25.5 Å². The van der Waals surface area contributed by atoms with E-state index in [1.807, 2.05) is 31.4 Å². The summed E-state index contributed by atoms with van der Waals surface area (Å²) >= 11 is 3.10. The summed E-state index contributed by atoms with van der Waals surface area (Å²) in [7, 11) is 0. The van der Waals surface area contributed by atoms with E-state index >= 15 is 0 Å². The van der Waals surface area contributed by atoms with E-state index in [0.29, 0.717) is 5.56 Å². The number of anilines is 1. The lowest BCUT2D eigenvalue weighted by atomic mass is 10.1. The molecule has 2 aromatic heterocycles. The van der Waals surface area contributed by atoms with Crippen molar-refractivity contribution < 1.29 is 0 Å². The zero-order valence-electron chi connectivity index (χ0n) is 11.0. The maximum Gasteiger partial charge on any atom is 0.170 e. The van der Waals surface area contributed by atoms with E-state index < -0.39 is 0 Å². The molecular weight excluding hydrogens is 288 g/mol. The molecular formula is C14H12N4S2. The Morgan fingerprint density at radius 1 is 1.40 bits per heavy atom. The topological polar surface area (TPSA) is 64.5 Å². The van der Waals surface area contributed by atoms with Gasteiger partial charge in [-0.3, -0.25) is 0 Å². The molecule has 3 aromatic rings. The fraction of sp³-hybridized carbons (Fsp3) is 0.143. The number of hydrogen-bond donors (Lipinski definition) is 2. The molecule has 0 atom stereocenters. The van der Waals surface area contributed by atoms with Crippen LogP contribution < -0.4 is 4.72 Å². The second-order valence-electron chi connectivity index (χ2n) is 4.45. The van der Waals surface area contributed by atoms with Gasteiger partial charge in [-0.15, -0.1) is 11.3 Å². The number of fused-ring (bicyclic) bond motifs is 1. The normalized spacial score (nSPS) is 10.7. The maximum atomic E-state index is 9.15. The van der Waals surface area contributed by atoms with Gasteiger partial charge in [0.25, 0.3) is 0 Å². The van der Waals surface area contributed by atoms with Crippen molar-refractivity contribution in [2.24, 2.45) is 0 Å². The van der Waals surface area contributed by atoms with Crippen LogP contribution >= 0.6 is 23.3 Å². The third-order valence-corrected chi connectivity index (χ3v) is 4.89. The highest BCUT2D eigenvalue weighted by molar-refractivity contribution is 8.02. The third-order valence-electron chi connectivity index (χ3n) is 3.01. The van der Waals surface area contributed by atoms with Gasteiger partial charge in [0, 0.05) is 34.6 Å². The number of rotatable bonds is 3. The molecule has 0 saturated heterocycles. The van der Waals surface area contributed by atoms with Gasteiger partial charge in [0.2, 0.25) is 0 Å². The molecule has 4 nitrogen and oxygen atoms in total. The van der Waals surface area contributed by atoms with Crippen LogP contribution in [0.3, 0.4) is 0 Å². The minimum atomic E-state index is 0.677. The van der Waals surface area contributed by atoms with Gasteiger partial charge in [0.1, 0.15) is 6.07 Å². The van der Waals surface area contributed by atoms with Crippen molar-refractivity contribution in [1.82, 2.24) is 9.97 Å². The van der Waals surface area contributed by atoms with Crippen molar-refractivity contribution in [3.8, 4) is 6.07 Å². The molecule has 0 fully saturated rings. The van der Waals surface area contributed by atoms with E-state index in [4.69, 9.17) is 5.26 Å². The second kappa shape index (κ2) is 5.19. The number of aromatic amines is 1. The largest absolute Gasteiger partial charge is 0.358 e. The van der Waals surface area contributed by atoms with Crippen LogP contribution in [0.2, 0.25) is 0 Å². The van der Waals surface area contributed by atoms with Crippen LogP contribution in [0.15, 0.2) is 28.0 Å². The number of aromatic nitrogens is 2. The lowest BCUT2D eigenvalue weighted by molar-refractivity contribution is 1.16. The summed E-state index contributed by atoms with van der Waals surface area (Å²) in [6.07, 6.45) is 1.75. The zero-order valence-corrected chi connectivity index (χ0v) is 12.7. The molecule has 6 heteroatoms. The smallest absolute Gasteiger partial charge is 0.170 e. The number of aryl methyl sites for hydroxylation is 2. The minimum absolute atomic E-state index is 0.677. The minimum Gasteiger partial charge on any atom is -0.358 e. The summed E-state index contributed by atoms with van der Waals surface area (Å²) in [4.78, 5) is 7.58. The molecule has 1 aromatic carbocycles. The van der Waals surface area contributed by atoms with Crippen molar-refractivity contribution in [3.05, 3.63) is 40.5 Å². The highest BCUT2D eigenvalue weighted by Crippen LogP contribution is 2.32. The summed E-state index contributed by atoms with van der Waals surface area (Å²) in [5, 5.41) is 12.2. The van der Waals surface area contributed by atoms with Gasteiger partial charge in [0.15, 0.2) is 4.34 Å². The Morgan fingerprint density at radius 2 is 2.25 bits per heavy atom. The van der Waals surface area contributed by atoms with E-state index in [1.165, 1.54) is 11.9 Å². The van der Waals surface area contributed by atoms with Gasteiger partial charge in [-0.25, -0.2) is 4.98 Å². The first kappa shape index (κ1) is 13.0. The summed E-state index contributed by atoms with van der Waals surface area (Å²) in [5.41, 5.74) is 4.72. The summed E-state index contributed by atoms with van der Waals surface area (Å²) in [5.74, 6) is 0. The third kappa shape index (κ3) is 2.26. The average molecular weight is 300 g/mol. The van der Waals surface area contributed by atoms with Crippen molar-refractivity contribution >= 4 is 39.9 Å². The molecule has 0 radical (unpaired) electrons. The molecule has 0 aliphatic rings. The van der Waals surface area contributed by atoms with E-state index in [0.717, 1.165) is 32.2 Å². The SMILES string of the molecule is Cc1csc(SNc2ccc(C)c3c(C#N)c[nH]c23)n1. The number of H-pyrrole nitrogens is 1. The van der Waals surface area contributed by atoms with Crippen molar-refractivity contribution in [2.45, 2.75) is 18.2 Å². The number of nitrogens with zero attached hydrogens (tertiary/aromatic N) is 2. The molecule has 3 rings (SSSR count). The van der Waals surface area contributed by atoms with E-state index in [-0.39, 0.29) is 0 Å². The molecule has 0 unspecified atom stereocenters. The fourth-order valence-corrected chi connectivity index (χ4v) is 3.61. The second-order valence-corrected chi connectivity index (χ2v) is 6.36. The first-order chi connectivity index (χ1) is 9.69. The molecule has 0 amide bonds. The zero-order chi connectivity index (χ0) is 14.1. The van der Waals surface area contributed by atoms with Crippen LogP contribution in [-0.4, -0.2) is 9.97 Å². The predicted molar refractivity (Wildman–Crippen MR) is 84.1 cm³/mol. The standard InChI is InChI=1S/C14H12N4S2/c1-8-3-4-11(13-12(8)10(5-15)6-16-13)18-20-14-17-9(2)7-19-14/h3-4,6-7,16,18H,1-2H3. The molecule has 0 aliphatic carbocycles. The van der Waals surface area contributed by atoms with E-state index in [2.05, 4.69) is 20.8 Å². The van der Waals surface area contributed by atoms with Crippen molar-refractivity contribution in [2.75, 3.05) is 4.72 Å². The van der Waals surface area contributed by atoms with Crippen LogP contribution in [-0.2, 0) is 0 Å². The van der Waals surface area contributed by atoms with E-state index in [9.17, 15) is 0 Å². The van der Waals surface area contributed by atoms with Crippen molar-refractivity contribution in [3.63, 3.8) is 0 Å². The first-order valence-electron chi connectivity index (χ1n) is 6.05. The molecule has 0 spiro atoms. The molecule has 2 heterocycles. The highest BCUT2D eigenvalue weighted by Gasteiger charge is 2.10. The molecule has 0 aliphatic heterocycles. The lowest BCUT2D eigenvalue weighted by Gasteiger charge is -2.06. The van der Waals surface area contributed by atoms with Crippen LogP contribution in [0.1, 0.15) is 16.8 Å². The van der Waals surface area contributed by atoms with E-state index in [1.54, 1.807) is 17.5 Å². The first-order valence-corrected chi connectivity index (χ1v) is 7.74. The number of hydrogen-bond acceptors (Lipinski definition) is 5. The Labute approximate surface area is 125 Å². The summed E-state index contributed by atoms with van der Waals surface area (Å²) in [6.45, 7) is 3.99. The summed E-state index contributed by atoms with van der Waals surface area (Å²) in [6, 6.07) is 6.26. The van der Waals surface area contributed by atoms with Crippen LogP contribution in [0.4, 0.5) is 5.69 Å². The highest BCUT2D eigenvalue weighted by atomic mass is 32.2. The number of benzene rings is 1. The van der Waals surface area contributed by atoms with Crippen molar-refractivity contribution in [1.29, 1.82) is 5.26 Å². The predicted octanol–water partition coefficient (Wildman–Crippen LogP) is 4.23. The number of nitriles is 1. The molecule has 0 saturated carbocycles. The Bertz CT molecular complexity index is 810. The van der Waals surface area contributed by atoms with Crippen LogP contribution in [0, 0.1) is 25.2 Å². The van der Waals surface area contributed by atoms with Crippen LogP contribution in [0.5, 0.6) is 0 Å². The Balaban J connectivity index is 1.94. The molecule has 100 valence electrons. The Kier molecular flexibility index (Phi) is 3.38. The Hall–Kier alpha value is -1.97. The van der Waals surface area contributed by atoms with Gasteiger partial charge in [-0.2, -0.15) is 5.26 Å². The molecule has 2 N–H and O–H groups in total. The fourth-order valence-electron chi connectivity index (χ4n) is 2.07. The monoisotopic (exact) mass is 300 g/mol. The van der Waals surface area contributed by atoms with Gasteiger partial charge in [0.05, 0.1) is 16.8 Å². The van der Waals surface area contributed by atoms with Crippen LogP contribution in [0.25, 0.3) is 10.9 Å². The average Bonchev–Trinajstić information content (AvgIpc) is 3.05. The molecule has 0 bridgehead atoms. The summed E-state index contributed by atoms with van der Waals surface area (Å²) < 4.78 is 4.28. The van der Waals surface area contributed by atoms with Gasteiger partial charge < -0.3 is 9.71 Å². The number of nitrogens with one attached hydrogen (secondary N) is 2. The lowest BCUT2D eigenvalue weighted by Crippen LogP contribution is -1.89. The van der Waals surface area contributed by atoms with Gasteiger partial charge in [-0.1, -0.05) is 6.07 Å². The maximum absolute atomic E-state index is 9.15.